The van der Waals surface area contributed by atoms with Crippen LogP contribution >= 0.6 is 0 Å². The van der Waals surface area contributed by atoms with Crippen LogP contribution in [0.1, 0.15) is 35.8 Å². The number of benzene rings is 1. The lowest BCUT2D eigenvalue weighted by Crippen LogP contribution is -2.11. The number of primary amides is 1. The topological polar surface area (TPSA) is 60.9 Å². The van der Waals surface area contributed by atoms with Gasteiger partial charge in [0, 0.05) is 23.4 Å². The summed E-state index contributed by atoms with van der Waals surface area (Å²) in [5.74, 6) is -0.401. The van der Waals surface area contributed by atoms with E-state index in [9.17, 15) is 4.79 Å². The van der Waals surface area contributed by atoms with Gasteiger partial charge in [0.15, 0.2) is 0 Å². The lowest BCUT2D eigenvalue weighted by Gasteiger charge is -2.13. The van der Waals surface area contributed by atoms with Crippen LogP contribution in [0.15, 0.2) is 30.5 Å². The summed E-state index contributed by atoms with van der Waals surface area (Å²) in [7, 11) is 0. The predicted octanol–water partition coefficient (Wildman–Crippen LogP) is 2.54. The van der Waals surface area contributed by atoms with Crippen molar-refractivity contribution in [3.8, 4) is 11.3 Å². The largest absolute Gasteiger partial charge is 0.366 e. The second kappa shape index (κ2) is 4.64. The minimum Gasteiger partial charge on any atom is -0.366 e. The Kier molecular flexibility index (Phi) is 3.19. The summed E-state index contributed by atoms with van der Waals surface area (Å²) < 4.78 is 1.96. The third-order valence-corrected chi connectivity index (χ3v) is 2.95. The van der Waals surface area contributed by atoms with Gasteiger partial charge in [0.2, 0.25) is 5.91 Å². The van der Waals surface area contributed by atoms with Crippen LogP contribution in [0.5, 0.6) is 0 Å². The van der Waals surface area contributed by atoms with E-state index in [-0.39, 0.29) is 0 Å². The average Bonchev–Trinajstić information content (AvgIpc) is 2.77. The monoisotopic (exact) mass is 243 g/mol. The Hall–Kier alpha value is -2.10. The van der Waals surface area contributed by atoms with Gasteiger partial charge in [-0.3, -0.25) is 9.48 Å². The minimum absolute atomic E-state index is 0.296. The molecule has 4 nitrogen and oxygen atoms in total. The molecular formula is C14H17N3O. The normalized spacial score (nSPS) is 10.9. The molecule has 0 radical (unpaired) electrons. The fraction of sp³-hybridized carbons (Fsp3) is 0.286. The fourth-order valence-corrected chi connectivity index (χ4v) is 2.04. The van der Waals surface area contributed by atoms with Crippen LogP contribution in [0.3, 0.4) is 0 Å². The molecule has 0 saturated carbocycles. The van der Waals surface area contributed by atoms with Crippen molar-refractivity contribution in [2.45, 2.75) is 26.8 Å². The fourth-order valence-electron chi connectivity index (χ4n) is 2.04. The van der Waals surface area contributed by atoms with Crippen molar-refractivity contribution in [2.24, 2.45) is 5.73 Å². The van der Waals surface area contributed by atoms with Gasteiger partial charge in [0.05, 0.1) is 5.69 Å². The number of hydrogen-bond acceptors (Lipinski definition) is 2. The third-order valence-electron chi connectivity index (χ3n) is 2.95. The second-order valence-corrected chi connectivity index (χ2v) is 4.65. The lowest BCUT2D eigenvalue weighted by atomic mass is 10.0. The molecule has 1 heterocycles. The van der Waals surface area contributed by atoms with Crippen LogP contribution in [0.25, 0.3) is 11.3 Å². The van der Waals surface area contributed by atoms with Gasteiger partial charge in [0.1, 0.15) is 0 Å². The van der Waals surface area contributed by atoms with Crippen LogP contribution in [0.4, 0.5) is 0 Å². The van der Waals surface area contributed by atoms with Crippen molar-refractivity contribution >= 4 is 5.91 Å². The number of amides is 1. The van der Waals surface area contributed by atoms with Crippen molar-refractivity contribution in [1.82, 2.24) is 9.78 Å². The summed E-state index contributed by atoms with van der Waals surface area (Å²) in [5, 5.41) is 4.32. The lowest BCUT2D eigenvalue weighted by molar-refractivity contribution is 0.1000. The molecule has 94 valence electrons. The Labute approximate surface area is 106 Å². The first kappa shape index (κ1) is 12.4. The molecule has 2 aromatic rings. The molecule has 0 bridgehead atoms. The van der Waals surface area contributed by atoms with E-state index in [4.69, 9.17) is 5.73 Å². The summed E-state index contributed by atoms with van der Waals surface area (Å²) in [5.41, 5.74) is 8.96. The van der Waals surface area contributed by atoms with Crippen LogP contribution in [-0.2, 0) is 0 Å². The van der Waals surface area contributed by atoms with E-state index in [1.165, 1.54) is 0 Å². The molecule has 0 atom stereocenters. The SMILES string of the molecule is Cc1cc(C(N)=O)ccc1-c1ccnn1C(C)C. The highest BCUT2D eigenvalue weighted by Gasteiger charge is 2.11. The maximum Gasteiger partial charge on any atom is 0.248 e. The summed E-state index contributed by atoms with van der Waals surface area (Å²) in [6.07, 6.45) is 1.79. The number of nitrogens with zero attached hydrogens (tertiary/aromatic N) is 2. The van der Waals surface area contributed by atoms with Crippen LogP contribution < -0.4 is 5.73 Å². The van der Waals surface area contributed by atoms with Crippen molar-refractivity contribution < 1.29 is 4.79 Å². The zero-order valence-corrected chi connectivity index (χ0v) is 10.8. The molecule has 2 rings (SSSR count). The van der Waals surface area contributed by atoms with Crippen LogP contribution in [-0.4, -0.2) is 15.7 Å². The van der Waals surface area contributed by atoms with Crippen molar-refractivity contribution in [1.29, 1.82) is 0 Å². The molecular weight excluding hydrogens is 226 g/mol. The van der Waals surface area contributed by atoms with Crippen molar-refractivity contribution in [3.63, 3.8) is 0 Å². The zero-order chi connectivity index (χ0) is 13.3. The van der Waals surface area contributed by atoms with Gasteiger partial charge in [-0.05, 0) is 44.5 Å². The van der Waals surface area contributed by atoms with Crippen molar-refractivity contribution in [3.05, 3.63) is 41.6 Å². The molecule has 0 aliphatic rings. The van der Waals surface area contributed by atoms with E-state index in [0.29, 0.717) is 11.6 Å². The number of carbonyl (C=O) groups excluding carboxylic acids is 1. The Morgan fingerprint density at radius 1 is 1.33 bits per heavy atom. The Morgan fingerprint density at radius 2 is 2.06 bits per heavy atom. The number of aryl methyl sites for hydroxylation is 1. The first-order valence-corrected chi connectivity index (χ1v) is 5.95. The standard InChI is InChI=1S/C14H17N3O/c1-9(2)17-13(6-7-16-17)12-5-4-11(14(15)18)8-10(12)3/h4-9H,1-3H3,(H2,15,18). The van der Waals surface area contributed by atoms with E-state index in [1.807, 2.05) is 29.8 Å². The van der Waals surface area contributed by atoms with E-state index in [2.05, 4.69) is 18.9 Å². The molecule has 0 spiro atoms. The number of aromatic nitrogens is 2. The molecule has 1 aromatic carbocycles. The van der Waals surface area contributed by atoms with Gasteiger partial charge in [-0.2, -0.15) is 5.10 Å². The molecule has 0 fully saturated rings. The van der Waals surface area contributed by atoms with Gasteiger partial charge in [-0.25, -0.2) is 0 Å². The van der Waals surface area contributed by atoms with E-state index < -0.39 is 5.91 Å². The molecule has 0 aliphatic carbocycles. The molecule has 1 amide bonds. The first-order valence-electron chi connectivity index (χ1n) is 5.95. The quantitative estimate of drug-likeness (QED) is 0.900. The van der Waals surface area contributed by atoms with Crippen molar-refractivity contribution in [2.75, 3.05) is 0 Å². The van der Waals surface area contributed by atoms with Gasteiger partial charge in [-0.15, -0.1) is 0 Å². The Bertz CT molecular complexity index is 584. The molecule has 0 saturated heterocycles. The Morgan fingerprint density at radius 3 is 2.61 bits per heavy atom. The highest BCUT2D eigenvalue weighted by molar-refractivity contribution is 5.93. The molecule has 0 aliphatic heterocycles. The highest BCUT2D eigenvalue weighted by atomic mass is 16.1. The summed E-state index contributed by atoms with van der Waals surface area (Å²) in [4.78, 5) is 11.1. The molecule has 4 heteroatoms. The van der Waals surface area contributed by atoms with Crippen LogP contribution in [0, 0.1) is 6.92 Å². The number of hydrogen-bond donors (Lipinski definition) is 1. The number of carbonyl (C=O) groups is 1. The maximum absolute atomic E-state index is 11.1. The van der Waals surface area contributed by atoms with E-state index in [1.54, 1.807) is 12.3 Å². The van der Waals surface area contributed by atoms with Crippen LogP contribution in [0.2, 0.25) is 0 Å². The summed E-state index contributed by atoms with van der Waals surface area (Å²) in [6.45, 7) is 6.15. The van der Waals surface area contributed by atoms with Gasteiger partial charge < -0.3 is 5.73 Å². The second-order valence-electron chi connectivity index (χ2n) is 4.65. The number of rotatable bonds is 3. The van der Waals surface area contributed by atoms with E-state index in [0.717, 1.165) is 16.8 Å². The number of nitrogens with two attached hydrogens (primary N) is 1. The summed E-state index contributed by atoms with van der Waals surface area (Å²) in [6, 6.07) is 7.76. The maximum atomic E-state index is 11.1. The highest BCUT2D eigenvalue weighted by Crippen LogP contribution is 2.26. The summed E-state index contributed by atoms with van der Waals surface area (Å²) >= 11 is 0. The molecule has 1 aromatic heterocycles. The molecule has 0 unspecified atom stereocenters. The first-order chi connectivity index (χ1) is 8.50. The van der Waals surface area contributed by atoms with Gasteiger partial charge >= 0.3 is 0 Å². The smallest absolute Gasteiger partial charge is 0.248 e. The zero-order valence-electron chi connectivity index (χ0n) is 10.8. The minimum atomic E-state index is -0.401. The molecule has 18 heavy (non-hydrogen) atoms. The molecule has 2 N–H and O–H groups in total. The predicted molar refractivity (Wildman–Crippen MR) is 71.3 cm³/mol. The van der Waals surface area contributed by atoms with Gasteiger partial charge in [-0.1, -0.05) is 6.07 Å². The third kappa shape index (κ3) is 2.14. The average molecular weight is 243 g/mol. The van der Waals surface area contributed by atoms with Gasteiger partial charge in [0.25, 0.3) is 0 Å². The Balaban J connectivity index is 2.51. The van der Waals surface area contributed by atoms with E-state index >= 15 is 0 Å².